The van der Waals surface area contributed by atoms with Gasteiger partial charge in [0, 0.05) is 18.5 Å². The van der Waals surface area contributed by atoms with Gasteiger partial charge in [0.2, 0.25) is 27.3 Å². The molecule has 8 nitrogen and oxygen atoms in total. The number of esters is 1. The highest BCUT2D eigenvalue weighted by Crippen LogP contribution is 2.46. The molecule has 0 aromatic carbocycles. The predicted molar refractivity (Wildman–Crippen MR) is 90.7 cm³/mol. The highest BCUT2D eigenvalue weighted by atomic mass is 79.9. The van der Waals surface area contributed by atoms with E-state index in [-0.39, 0.29) is 23.1 Å². The average Bonchev–Trinajstić information content (AvgIpc) is 2.82. The summed E-state index contributed by atoms with van der Waals surface area (Å²) in [5.41, 5.74) is 0.259. The van der Waals surface area contributed by atoms with Gasteiger partial charge in [-0.1, -0.05) is 22.0 Å². The number of carbonyl (C=O) groups excluding carboxylic acids is 1. The van der Waals surface area contributed by atoms with Gasteiger partial charge in [-0.2, -0.15) is 0 Å². The van der Waals surface area contributed by atoms with E-state index >= 15 is 0 Å². The summed E-state index contributed by atoms with van der Waals surface area (Å²) in [5.74, 6) is -2.30. The smallest absolute Gasteiger partial charge is 0.308 e. The molecule has 0 unspecified atom stereocenters. The molecule has 0 bridgehead atoms. The lowest BCUT2D eigenvalue weighted by atomic mass is 10.2. The Morgan fingerprint density at radius 3 is 2.79 bits per heavy atom. The lowest BCUT2D eigenvalue weighted by molar-refractivity contribution is -0.131. The molecule has 0 fully saturated rings. The highest BCUT2D eigenvalue weighted by Gasteiger charge is 2.27. The zero-order valence-corrected chi connectivity index (χ0v) is 15.1. The van der Waals surface area contributed by atoms with E-state index in [1.165, 1.54) is 6.20 Å². The predicted octanol–water partition coefficient (Wildman–Crippen LogP) is 2.50. The van der Waals surface area contributed by atoms with Crippen LogP contribution in [0.3, 0.4) is 0 Å². The number of aromatic nitrogens is 1. The largest absolute Gasteiger partial charge is 0.501 e. The Morgan fingerprint density at radius 2 is 2.21 bits per heavy atom. The first-order valence-corrected chi connectivity index (χ1v) is 9.63. The molecule has 10 heteroatoms. The third-order valence-corrected chi connectivity index (χ3v) is 4.66. The Balaban J connectivity index is 2.44. The van der Waals surface area contributed by atoms with E-state index in [9.17, 15) is 18.3 Å². The van der Waals surface area contributed by atoms with E-state index in [1.54, 1.807) is 18.2 Å². The number of pyridine rings is 1. The van der Waals surface area contributed by atoms with E-state index in [0.717, 1.165) is 6.92 Å². The maximum Gasteiger partial charge on any atom is 0.308 e. The molecule has 0 aliphatic carbocycles. The van der Waals surface area contributed by atoms with E-state index in [4.69, 9.17) is 9.15 Å². The molecule has 2 aromatic rings. The number of hydrogen-bond donors (Lipinski definition) is 2. The molecule has 0 aliphatic rings. The minimum Gasteiger partial charge on any atom is -0.501 e. The van der Waals surface area contributed by atoms with Crippen LogP contribution in [0.25, 0.3) is 11.5 Å². The Hall–Kier alpha value is -2.07. The highest BCUT2D eigenvalue weighted by molar-refractivity contribution is 9.09. The number of nitrogens with one attached hydrogen (secondary N) is 1. The van der Waals surface area contributed by atoms with Crippen LogP contribution in [0.4, 0.5) is 5.88 Å². The van der Waals surface area contributed by atoms with Crippen molar-refractivity contribution in [3.8, 4) is 23.0 Å². The van der Waals surface area contributed by atoms with Crippen LogP contribution in [0, 0.1) is 0 Å². The summed E-state index contributed by atoms with van der Waals surface area (Å²) >= 11 is 3.15. The minimum absolute atomic E-state index is 0.106. The van der Waals surface area contributed by atoms with Gasteiger partial charge < -0.3 is 14.3 Å². The maximum atomic E-state index is 12.0. The van der Waals surface area contributed by atoms with Crippen LogP contribution in [-0.4, -0.2) is 35.6 Å². The maximum absolute atomic E-state index is 12.0. The molecule has 2 heterocycles. The fraction of sp³-hybridized carbons (Fsp3) is 0.286. The molecule has 24 heavy (non-hydrogen) atoms. The first kappa shape index (κ1) is 18.3. The number of rotatable bonds is 7. The molecule has 0 spiro atoms. The number of anilines is 1. The SMILES string of the molecule is CC(=O)Oc1c(NS(=O)(=O)CCCBr)oc(-c2ccccn2)c1O. The zero-order chi connectivity index (χ0) is 17.7. The van der Waals surface area contributed by atoms with Crippen molar-refractivity contribution in [3.63, 3.8) is 0 Å². The second-order valence-electron chi connectivity index (χ2n) is 4.71. The van der Waals surface area contributed by atoms with E-state index < -0.39 is 27.5 Å². The number of nitrogens with zero attached hydrogens (tertiary/aromatic N) is 1. The van der Waals surface area contributed by atoms with Gasteiger partial charge in [-0.3, -0.25) is 9.78 Å². The Morgan fingerprint density at radius 1 is 1.46 bits per heavy atom. The van der Waals surface area contributed by atoms with Crippen LogP contribution in [0.5, 0.6) is 11.5 Å². The van der Waals surface area contributed by atoms with Crippen molar-refractivity contribution in [3.05, 3.63) is 24.4 Å². The first-order valence-electron chi connectivity index (χ1n) is 6.86. The summed E-state index contributed by atoms with van der Waals surface area (Å²) in [7, 11) is -3.74. The third kappa shape index (κ3) is 4.48. The number of aromatic hydroxyl groups is 1. The van der Waals surface area contributed by atoms with Crippen molar-refractivity contribution in [1.82, 2.24) is 4.98 Å². The lowest BCUT2D eigenvalue weighted by Gasteiger charge is -2.06. The Labute approximate surface area is 147 Å². The zero-order valence-electron chi connectivity index (χ0n) is 12.7. The van der Waals surface area contributed by atoms with Crippen LogP contribution in [-0.2, 0) is 14.8 Å². The fourth-order valence-electron chi connectivity index (χ4n) is 1.82. The van der Waals surface area contributed by atoms with Crippen LogP contribution in [0.15, 0.2) is 28.8 Å². The number of halogens is 1. The molecule has 2 N–H and O–H groups in total. The van der Waals surface area contributed by atoms with Gasteiger partial charge in [0.1, 0.15) is 5.69 Å². The molecule has 0 atom stereocenters. The number of sulfonamides is 1. The molecule has 2 aromatic heterocycles. The van der Waals surface area contributed by atoms with E-state index in [1.807, 2.05) is 0 Å². The molecule has 0 aliphatic heterocycles. The standard InChI is InChI=1S/C14H15BrN2O6S/c1-9(18)22-13-11(19)12(10-5-2-3-7-16-10)23-14(13)17-24(20,21)8-4-6-15/h2-3,5,7,17,19H,4,6,8H2,1H3. The van der Waals surface area contributed by atoms with Crippen LogP contribution < -0.4 is 9.46 Å². The van der Waals surface area contributed by atoms with Crippen molar-refractivity contribution in [2.75, 3.05) is 15.8 Å². The van der Waals surface area contributed by atoms with Gasteiger partial charge in [0.15, 0.2) is 0 Å². The summed E-state index contributed by atoms with van der Waals surface area (Å²) in [6.45, 7) is 1.12. The molecule has 0 amide bonds. The number of ether oxygens (including phenoxy) is 1. The summed E-state index contributed by atoms with van der Waals surface area (Å²) in [6, 6.07) is 4.88. The van der Waals surface area contributed by atoms with Gasteiger partial charge >= 0.3 is 5.97 Å². The second-order valence-corrected chi connectivity index (χ2v) is 7.34. The summed E-state index contributed by atoms with van der Waals surface area (Å²) < 4.78 is 36.5. The van der Waals surface area contributed by atoms with Gasteiger partial charge in [-0.25, -0.2) is 13.1 Å². The molecular formula is C14H15BrN2O6S. The Kier molecular flexibility index (Phi) is 5.84. The van der Waals surface area contributed by atoms with Crippen molar-refractivity contribution in [1.29, 1.82) is 0 Å². The van der Waals surface area contributed by atoms with Crippen LogP contribution in [0.1, 0.15) is 13.3 Å². The van der Waals surface area contributed by atoms with Gasteiger partial charge in [-0.15, -0.1) is 0 Å². The molecule has 0 radical (unpaired) electrons. The number of furan rings is 1. The summed E-state index contributed by atoms with van der Waals surface area (Å²) in [5, 5.41) is 10.7. The number of alkyl halides is 1. The normalized spacial score (nSPS) is 11.2. The van der Waals surface area contributed by atoms with Crippen LogP contribution >= 0.6 is 15.9 Å². The van der Waals surface area contributed by atoms with Crippen molar-refractivity contribution in [2.45, 2.75) is 13.3 Å². The number of carbonyl (C=O) groups is 1. The molecule has 0 saturated carbocycles. The van der Waals surface area contributed by atoms with E-state index in [0.29, 0.717) is 11.8 Å². The summed E-state index contributed by atoms with van der Waals surface area (Å²) in [6.07, 6.45) is 1.85. The van der Waals surface area contributed by atoms with E-state index in [2.05, 4.69) is 25.6 Å². The number of hydrogen-bond acceptors (Lipinski definition) is 7. The first-order chi connectivity index (χ1) is 11.3. The molecule has 2 rings (SSSR count). The quantitative estimate of drug-likeness (QED) is 0.523. The lowest BCUT2D eigenvalue weighted by Crippen LogP contribution is -2.17. The molecule has 0 saturated heterocycles. The minimum atomic E-state index is -3.74. The van der Waals surface area contributed by atoms with Gasteiger partial charge in [-0.05, 0) is 18.6 Å². The van der Waals surface area contributed by atoms with Crippen molar-refractivity contribution >= 4 is 37.8 Å². The van der Waals surface area contributed by atoms with Gasteiger partial charge in [0.05, 0.1) is 5.75 Å². The average molecular weight is 419 g/mol. The topological polar surface area (TPSA) is 119 Å². The van der Waals surface area contributed by atoms with Crippen LogP contribution in [0.2, 0.25) is 0 Å². The summed E-state index contributed by atoms with van der Waals surface area (Å²) in [4.78, 5) is 15.2. The second kappa shape index (κ2) is 7.67. The van der Waals surface area contributed by atoms with Crippen molar-refractivity contribution < 1.29 is 27.5 Å². The monoisotopic (exact) mass is 418 g/mol. The molecule has 130 valence electrons. The van der Waals surface area contributed by atoms with Crippen molar-refractivity contribution in [2.24, 2.45) is 0 Å². The third-order valence-electron chi connectivity index (χ3n) is 2.78. The van der Waals surface area contributed by atoms with Gasteiger partial charge in [0.25, 0.3) is 5.88 Å². The molecular weight excluding hydrogens is 404 g/mol. The Bertz CT molecular complexity index is 819. The fourth-order valence-corrected chi connectivity index (χ4v) is 3.52.